The molecule has 13 heteroatoms. The third-order valence-corrected chi connectivity index (χ3v) is 9.13. The first-order chi connectivity index (χ1) is 22.8. The minimum absolute atomic E-state index is 0.00517. The first-order valence-electron chi connectivity index (χ1n) is 15.2. The number of thiocarbonyl (C=S) groups is 1. The van der Waals surface area contributed by atoms with Gasteiger partial charge in [0.2, 0.25) is 5.91 Å². The molecule has 0 bridgehead atoms. The maximum atomic E-state index is 12.9. The number of thioether (sulfide) groups is 1. The molecule has 2 heterocycles. The Labute approximate surface area is 295 Å². The number of aliphatic imine (C=N–C) groups is 1. The minimum atomic E-state index is -4.75. The van der Waals surface area contributed by atoms with Crippen molar-refractivity contribution in [3.05, 3.63) is 94.2 Å². The first kappa shape index (κ1) is 35.5. The van der Waals surface area contributed by atoms with Gasteiger partial charge >= 0.3 is 6.36 Å². The zero-order valence-corrected chi connectivity index (χ0v) is 29.9. The van der Waals surface area contributed by atoms with Gasteiger partial charge in [0.25, 0.3) is 0 Å². The van der Waals surface area contributed by atoms with Crippen molar-refractivity contribution in [2.75, 3.05) is 10.7 Å². The average Bonchev–Trinajstić information content (AvgIpc) is 3.63. The van der Waals surface area contributed by atoms with Crippen LogP contribution in [0.2, 0.25) is 0 Å². The first-order valence-corrected chi connectivity index (χ1v) is 17.4. The predicted octanol–water partition coefficient (Wildman–Crippen LogP) is 9.88. The lowest BCUT2D eigenvalue weighted by molar-refractivity contribution is -0.274. The molecule has 1 aromatic heterocycles. The molecular formula is C35H33BrF3N5O2S2. The molecule has 0 N–H and O–H groups in total. The largest absolute Gasteiger partial charge is 0.573 e. The number of aryl methyl sites for hydroxylation is 1. The molecule has 1 aliphatic heterocycles. The van der Waals surface area contributed by atoms with Gasteiger partial charge < -0.3 is 4.74 Å². The van der Waals surface area contributed by atoms with E-state index in [2.05, 4.69) is 63.7 Å². The molecule has 3 aromatic carbocycles. The van der Waals surface area contributed by atoms with Gasteiger partial charge in [0.15, 0.2) is 11.0 Å². The Balaban J connectivity index is 1.22. The van der Waals surface area contributed by atoms with Crippen LogP contribution in [-0.4, -0.2) is 42.9 Å². The van der Waals surface area contributed by atoms with Crippen LogP contribution >= 0.6 is 39.9 Å². The monoisotopic (exact) mass is 755 g/mol. The summed E-state index contributed by atoms with van der Waals surface area (Å²) in [5.41, 5.74) is 5.31. The Morgan fingerprint density at radius 1 is 1.10 bits per heavy atom. The van der Waals surface area contributed by atoms with E-state index >= 15 is 0 Å². The number of allylic oxidation sites excluding steroid dienone is 1. The lowest BCUT2D eigenvalue weighted by Crippen LogP contribution is -2.31. The van der Waals surface area contributed by atoms with E-state index in [0.29, 0.717) is 33.8 Å². The maximum Gasteiger partial charge on any atom is 0.573 e. The van der Waals surface area contributed by atoms with Gasteiger partial charge in [-0.2, -0.15) is 0 Å². The zero-order chi connectivity index (χ0) is 34.6. The topological polar surface area (TPSA) is 72.6 Å². The number of halogens is 4. The molecule has 1 fully saturated rings. The minimum Gasteiger partial charge on any atom is -0.406 e. The fourth-order valence-electron chi connectivity index (χ4n) is 5.20. The van der Waals surface area contributed by atoms with Gasteiger partial charge in [-0.15, -0.1) is 18.3 Å². The summed E-state index contributed by atoms with van der Waals surface area (Å²) in [7, 11) is 0. The normalized spacial score (nSPS) is 15.4. The molecular weight excluding hydrogens is 723 g/mol. The Hall–Kier alpha value is -3.81. The highest BCUT2D eigenvalue weighted by molar-refractivity contribution is 9.11. The van der Waals surface area contributed by atoms with Crippen molar-refractivity contribution in [2.24, 2.45) is 10.9 Å². The van der Waals surface area contributed by atoms with E-state index in [1.54, 1.807) is 4.90 Å². The number of alkyl halides is 3. The van der Waals surface area contributed by atoms with Crippen LogP contribution in [0.25, 0.3) is 23.2 Å². The zero-order valence-electron chi connectivity index (χ0n) is 26.7. The van der Waals surface area contributed by atoms with Crippen molar-refractivity contribution in [1.29, 1.82) is 0 Å². The third-order valence-electron chi connectivity index (χ3n) is 7.40. The van der Waals surface area contributed by atoms with Crippen LogP contribution in [0.15, 0.2) is 82.5 Å². The van der Waals surface area contributed by atoms with Crippen molar-refractivity contribution in [3.8, 4) is 22.8 Å². The summed E-state index contributed by atoms with van der Waals surface area (Å²) in [6.07, 6.45) is 0.0887. The van der Waals surface area contributed by atoms with Crippen LogP contribution in [-0.2, 0) is 4.79 Å². The van der Waals surface area contributed by atoms with Crippen molar-refractivity contribution in [3.63, 3.8) is 0 Å². The Morgan fingerprint density at radius 3 is 2.56 bits per heavy atom. The van der Waals surface area contributed by atoms with Gasteiger partial charge in [-0.1, -0.05) is 91.0 Å². The maximum absolute atomic E-state index is 12.9. The standard InChI is InChI=1S/C35H33BrF3N5O2S2/c1-21(2)29-13-8-22(3)15-30(29)44-32(45)19-48-34(44)41-31(47)16-23(4)14-26(36)18-24-6-5-7-25(17-24)33-40-20-43(42-33)27-9-11-28(12-10-27)46-35(37,38)39/h5-13,15,17-18,20-21,23H,14,16,19H2,1-4H3/b26-18+,41-34?. The van der Waals surface area contributed by atoms with Gasteiger partial charge in [0.1, 0.15) is 17.1 Å². The summed E-state index contributed by atoms with van der Waals surface area (Å²) < 4.78 is 43.8. The fraction of sp³-hybridized carbons (Fsp3) is 0.286. The molecule has 1 amide bonds. The van der Waals surface area contributed by atoms with Gasteiger partial charge in [-0.05, 0) is 88.8 Å². The molecule has 7 nitrogen and oxygen atoms in total. The van der Waals surface area contributed by atoms with E-state index in [1.165, 1.54) is 47.0 Å². The molecule has 0 saturated carbocycles. The van der Waals surface area contributed by atoms with Crippen LogP contribution in [0.1, 0.15) is 56.2 Å². The Bertz CT molecular complexity index is 1870. The molecule has 0 radical (unpaired) electrons. The summed E-state index contributed by atoms with van der Waals surface area (Å²) in [4.78, 5) is 24.4. The predicted molar refractivity (Wildman–Crippen MR) is 194 cm³/mol. The van der Waals surface area contributed by atoms with Crippen LogP contribution in [0.4, 0.5) is 18.9 Å². The molecule has 1 saturated heterocycles. The second-order valence-corrected chi connectivity index (χ2v) is 14.2. The number of rotatable bonds is 10. The summed E-state index contributed by atoms with van der Waals surface area (Å²) in [5, 5.41) is 5.13. The number of amides is 1. The number of amidine groups is 1. The number of carbonyl (C=O) groups excluding carboxylic acids is 1. The highest BCUT2D eigenvalue weighted by atomic mass is 79.9. The van der Waals surface area contributed by atoms with Crippen LogP contribution < -0.4 is 9.64 Å². The van der Waals surface area contributed by atoms with Gasteiger partial charge in [0, 0.05) is 12.0 Å². The lowest BCUT2D eigenvalue weighted by Gasteiger charge is -2.22. The van der Waals surface area contributed by atoms with Crippen LogP contribution in [0, 0.1) is 12.8 Å². The van der Waals surface area contributed by atoms with Gasteiger partial charge in [-0.25, -0.2) is 14.7 Å². The van der Waals surface area contributed by atoms with E-state index in [0.717, 1.165) is 38.8 Å². The summed E-state index contributed by atoms with van der Waals surface area (Å²) in [6, 6.07) is 19.3. The van der Waals surface area contributed by atoms with Crippen molar-refractivity contribution in [2.45, 2.75) is 52.8 Å². The molecule has 1 atom stereocenters. The number of anilines is 1. The van der Waals surface area contributed by atoms with Crippen LogP contribution in [0.3, 0.4) is 0 Å². The summed E-state index contributed by atoms with van der Waals surface area (Å²) >= 11 is 10.8. The molecule has 250 valence electrons. The molecule has 5 rings (SSSR count). The number of hydrogen-bond acceptors (Lipinski definition) is 6. The molecule has 48 heavy (non-hydrogen) atoms. The summed E-state index contributed by atoms with van der Waals surface area (Å²) in [5.74, 6) is 0.933. The van der Waals surface area contributed by atoms with Gasteiger partial charge in [0.05, 0.1) is 17.1 Å². The highest BCUT2D eigenvalue weighted by Crippen LogP contribution is 2.35. The Morgan fingerprint density at radius 2 is 1.85 bits per heavy atom. The molecule has 1 aliphatic rings. The fourth-order valence-corrected chi connectivity index (χ4v) is 7.33. The van der Waals surface area contributed by atoms with Gasteiger partial charge in [-0.3, -0.25) is 9.69 Å². The number of benzene rings is 3. The smallest absolute Gasteiger partial charge is 0.406 e. The SMILES string of the molecule is Cc1ccc(C(C)C)c(N2C(=O)CSC2=NC(=S)CC(C)C/C(Br)=C\c2cccc(-c3ncn(-c4ccc(OC(F)(F)F)cc4)n3)c2)c1. The van der Waals surface area contributed by atoms with E-state index in [4.69, 9.17) is 17.2 Å². The third kappa shape index (κ3) is 9.20. The lowest BCUT2D eigenvalue weighted by atomic mass is 9.99. The number of aromatic nitrogens is 3. The molecule has 1 unspecified atom stereocenters. The van der Waals surface area contributed by atoms with E-state index in [9.17, 15) is 18.0 Å². The van der Waals surface area contributed by atoms with Crippen molar-refractivity contribution < 1.29 is 22.7 Å². The van der Waals surface area contributed by atoms with E-state index in [1.807, 2.05) is 43.3 Å². The van der Waals surface area contributed by atoms with E-state index < -0.39 is 6.36 Å². The molecule has 0 spiro atoms. The van der Waals surface area contributed by atoms with Crippen molar-refractivity contribution >= 4 is 67.7 Å². The number of hydrogen-bond donors (Lipinski definition) is 0. The quantitative estimate of drug-likeness (QED) is 0.150. The highest BCUT2D eigenvalue weighted by Gasteiger charge is 2.32. The molecule has 0 aliphatic carbocycles. The number of carbonyl (C=O) groups is 1. The number of nitrogens with zero attached hydrogens (tertiary/aromatic N) is 5. The second kappa shape index (κ2) is 15.2. The average molecular weight is 757 g/mol. The Kier molecular flexibility index (Phi) is 11.2. The van der Waals surface area contributed by atoms with Crippen molar-refractivity contribution in [1.82, 2.24) is 14.8 Å². The van der Waals surface area contributed by atoms with E-state index in [-0.39, 0.29) is 23.5 Å². The summed E-state index contributed by atoms with van der Waals surface area (Å²) in [6.45, 7) is 8.35. The molecule has 4 aromatic rings. The van der Waals surface area contributed by atoms with Crippen LogP contribution in [0.5, 0.6) is 5.75 Å². The second-order valence-electron chi connectivity index (χ2n) is 11.8. The number of ether oxygens (including phenoxy) is 1.